The first-order valence-electron chi connectivity index (χ1n) is 5.11. The average molecular weight is 226 g/mol. The number of hydrogen-bond donors (Lipinski definition) is 3. The predicted molar refractivity (Wildman–Crippen MR) is 68.4 cm³/mol. The van der Waals surface area contributed by atoms with Gasteiger partial charge >= 0.3 is 0 Å². The van der Waals surface area contributed by atoms with Crippen LogP contribution in [0.15, 0.2) is 24.3 Å². The Morgan fingerprint density at radius 3 is 2.93 bits per heavy atom. The van der Waals surface area contributed by atoms with Crippen LogP contribution in [0.3, 0.4) is 0 Å². The highest BCUT2D eigenvalue weighted by molar-refractivity contribution is 7.99. The Morgan fingerprint density at radius 1 is 1.33 bits per heavy atom. The van der Waals surface area contributed by atoms with Gasteiger partial charge in [-0.3, -0.25) is 0 Å². The van der Waals surface area contributed by atoms with Crippen LogP contribution in [0.4, 0.5) is 11.4 Å². The summed E-state index contributed by atoms with van der Waals surface area (Å²) in [5.74, 6) is 2.07. The summed E-state index contributed by atoms with van der Waals surface area (Å²) in [5, 5.41) is 11.9. The van der Waals surface area contributed by atoms with Crippen molar-refractivity contribution in [2.24, 2.45) is 0 Å². The molecule has 0 saturated carbocycles. The fourth-order valence-electron chi connectivity index (χ4n) is 1.18. The molecule has 4 heteroatoms. The molecule has 0 aliphatic heterocycles. The van der Waals surface area contributed by atoms with Gasteiger partial charge in [-0.15, -0.1) is 0 Å². The molecule has 0 unspecified atom stereocenters. The van der Waals surface area contributed by atoms with E-state index in [0.29, 0.717) is 0 Å². The standard InChI is InChI=1S/C11H18N2OS/c12-10-3-1-4-11(9-10)13-5-8-15-7-2-6-14/h1,3-4,9,13-14H,2,5-8,12H2. The molecule has 1 rings (SSSR count). The minimum absolute atomic E-state index is 0.287. The van der Waals surface area contributed by atoms with Crippen LogP contribution < -0.4 is 11.1 Å². The van der Waals surface area contributed by atoms with Crippen LogP contribution in [-0.4, -0.2) is 29.8 Å². The van der Waals surface area contributed by atoms with Gasteiger partial charge in [-0.05, 0) is 30.4 Å². The third-order valence-electron chi connectivity index (χ3n) is 1.91. The fraction of sp³-hybridized carbons (Fsp3) is 0.455. The van der Waals surface area contributed by atoms with Crippen LogP contribution in [0.1, 0.15) is 6.42 Å². The summed E-state index contributed by atoms with van der Waals surface area (Å²) >= 11 is 1.85. The normalized spacial score (nSPS) is 10.2. The number of nitrogen functional groups attached to an aromatic ring is 1. The second kappa shape index (κ2) is 7.43. The largest absolute Gasteiger partial charge is 0.399 e. The topological polar surface area (TPSA) is 58.3 Å². The molecule has 0 radical (unpaired) electrons. The zero-order valence-corrected chi connectivity index (χ0v) is 9.59. The molecular formula is C11H18N2OS. The Morgan fingerprint density at radius 2 is 2.20 bits per heavy atom. The smallest absolute Gasteiger partial charge is 0.0438 e. The molecule has 1 aromatic rings. The van der Waals surface area contributed by atoms with E-state index in [9.17, 15) is 0 Å². The number of nitrogens with two attached hydrogens (primary N) is 1. The Labute approximate surface area is 95.1 Å². The quantitative estimate of drug-likeness (QED) is 0.490. The summed E-state index contributed by atoms with van der Waals surface area (Å²) in [4.78, 5) is 0. The van der Waals surface area contributed by atoms with E-state index in [-0.39, 0.29) is 6.61 Å². The maximum Gasteiger partial charge on any atom is 0.0438 e. The van der Waals surface area contributed by atoms with Crippen LogP contribution in [0.2, 0.25) is 0 Å². The number of nitrogens with one attached hydrogen (secondary N) is 1. The van der Waals surface area contributed by atoms with Crippen LogP contribution in [0.25, 0.3) is 0 Å². The minimum atomic E-state index is 0.287. The molecular weight excluding hydrogens is 208 g/mol. The van der Waals surface area contributed by atoms with Gasteiger partial charge in [0.15, 0.2) is 0 Å². The van der Waals surface area contributed by atoms with Gasteiger partial charge < -0.3 is 16.2 Å². The molecule has 0 bridgehead atoms. The molecule has 0 aliphatic rings. The SMILES string of the molecule is Nc1cccc(NCCSCCCO)c1. The zero-order chi connectivity index (χ0) is 10.9. The highest BCUT2D eigenvalue weighted by Gasteiger charge is 1.92. The summed E-state index contributed by atoms with van der Waals surface area (Å²) in [6, 6.07) is 7.75. The third-order valence-corrected chi connectivity index (χ3v) is 2.98. The molecule has 0 saturated heterocycles. The summed E-state index contributed by atoms with van der Waals surface area (Å²) in [7, 11) is 0. The monoisotopic (exact) mass is 226 g/mol. The van der Waals surface area contributed by atoms with E-state index in [1.54, 1.807) is 0 Å². The van der Waals surface area contributed by atoms with E-state index >= 15 is 0 Å². The maximum atomic E-state index is 8.59. The molecule has 0 fully saturated rings. The molecule has 3 nitrogen and oxygen atoms in total. The Balaban J connectivity index is 2.10. The molecule has 15 heavy (non-hydrogen) atoms. The van der Waals surface area contributed by atoms with Crippen molar-refractivity contribution in [2.45, 2.75) is 6.42 Å². The molecule has 1 aromatic carbocycles. The van der Waals surface area contributed by atoms with E-state index in [4.69, 9.17) is 10.8 Å². The van der Waals surface area contributed by atoms with Gasteiger partial charge in [0.25, 0.3) is 0 Å². The van der Waals surface area contributed by atoms with Gasteiger partial charge in [0, 0.05) is 30.3 Å². The Hall–Kier alpha value is -0.870. The number of benzene rings is 1. The second-order valence-corrected chi connectivity index (χ2v) is 4.47. The zero-order valence-electron chi connectivity index (χ0n) is 8.78. The first kappa shape index (κ1) is 12.2. The molecule has 84 valence electrons. The molecule has 0 atom stereocenters. The Bertz CT molecular complexity index is 281. The summed E-state index contributed by atoms with van der Waals surface area (Å²) in [6.45, 7) is 1.22. The lowest BCUT2D eigenvalue weighted by Crippen LogP contribution is -2.04. The van der Waals surface area contributed by atoms with Gasteiger partial charge in [0.1, 0.15) is 0 Å². The van der Waals surface area contributed by atoms with Gasteiger partial charge in [0.05, 0.1) is 0 Å². The van der Waals surface area contributed by atoms with Crippen molar-refractivity contribution in [2.75, 3.05) is 35.7 Å². The number of thioether (sulfide) groups is 1. The number of rotatable bonds is 7. The van der Waals surface area contributed by atoms with E-state index in [2.05, 4.69) is 5.32 Å². The highest BCUT2D eigenvalue weighted by atomic mass is 32.2. The second-order valence-electron chi connectivity index (χ2n) is 3.24. The van der Waals surface area contributed by atoms with Gasteiger partial charge in [-0.2, -0.15) is 11.8 Å². The lowest BCUT2D eigenvalue weighted by atomic mass is 10.3. The highest BCUT2D eigenvalue weighted by Crippen LogP contribution is 2.11. The molecule has 0 heterocycles. The Kier molecular flexibility index (Phi) is 6.04. The van der Waals surface area contributed by atoms with Crippen molar-refractivity contribution in [1.29, 1.82) is 0 Å². The van der Waals surface area contributed by atoms with Crippen molar-refractivity contribution < 1.29 is 5.11 Å². The van der Waals surface area contributed by atoms with Crippen molar-refractivity contribution >= 4 is 23.1 Å². The van der Waals surface area contributed by atoms with Crippen molar-refractivity contribution in [3.8, 4) is 0 Å². The van der Waals surface area contributed by atoms with Gasteiger partial charge in [0.2, 0.25) is 0 Å². The average Bonchev–Trinajstić information content (AvgIpc) is 2.23. The lowest BCUT2D eigenvalue weighted by molar-refractivity contribution is 0.296. The third kappa shape index (κ3) is 5.54. The molecule has 0 amide bonds. The number of anilines is 2. The first-order valence-corrected chi connectivity index (χ1v) is 6.26. The molecule has 0 spiro atoms. The maximum absolute atomic E-state index is 8.59. The number of aliphatic hydroxyl groups excluding tert-OH is 1. The van der Waals surface area contributed by atoms with Crippen LogP contribution in [0, 0.1) is 0 Å². The van der Waals surface area contributed by atoms with E-state index in [0.717, 1.165) is 35.8 Å². The van der Waals surface area contributed by atoms with Crippen LogP contribution in [0.5, 0.6) is 0 Å². The van der Waals surface area contributed by atoms with Crippen LogP contribution in [-0.2, 0) is 0 Å². The summed E-state index contributed by atoms with van der Waals surface area (Å²) < 4.78 is 0. The van der Waals surface area contributed by atoms with Crippen molar-refractivity contribution in [3.63, 3.8) is 0 Å². The summed E-state index contributed by atoms with van der Waals surface area (Å²) in [6.07, 6.45) is 0.878. The van der Waals surface area contributed by atoms with Gasteiger partial charge in [-0.1, -0.05) is 6.07 Å². The van der Waals surface area contributed by atoms with Gasteiger partial charge in [-0.25, -0.2) is 0 Å². The summed E-state index contributed by atoms with van der Waals surface area (Å²) in [5.41, 5.74) is 7.51. The van der Waals surface area contributed by atoms with Crippen LogP contribution >= 0.6 is 11.8 Å². The van der Waals surface area contributed by atoms with E-state index < -0.39 is 0 Å². The predicted octanol–water partition coefficient (Wildman–Crippen LogP) is 1.80. The number of aliphatic hydroxyl groups is 1. The fourth-order valence-corrected chi connectivity index (χ4v) is 1.97. The minimum Gasteiger partial charge on any atom is -0.399 e. The van der Waals surface area contributed by atoms with Crippen molar-refractivity contribution in [1.82, 2.24) is 0 Å². The molecule has 0 aliphatic carbocycles. The van der Waals surface area contributed by atoms with E-state index in [1.165, 1.54) is 0 Å². The van der Waals surface area contributed by atoms with Crippen molar-refractivity contribution in [3.05, 3.63) is 24.3 Å². The van der Waals surface area contributed by atoms with E-state index in [1.807, 2.05) is 36.0 Å². The lowest BCUT2D eigenvalue weighted by Gasteiger charge is -2.06. The first-order chi connectivity index (χ1) is 7.33. The number of hydrogen-bond acceptors (Lipinski definition) is 4. The molecule has 0 aromatic heterocycles. The molecule has 4 N–H and O–H groups in total.